The molecule has 2 rings (SSSR count). The summed E-state index contributed by atoms with van der Waals surface area (Å²) >= 11 is 1.54. The van der Waals surface area contributed by atoms with Crippen molar-refractivity contribution in [2.75, 3.05) is 12.3 Å². The molecule has 1 heterocycles. The molecule has 1 aliphatic rings. The second kappa shape index (κ2) is 7.61. The van der Waals surface area contributed by atoms with E-state index < -0.39 is 0 Å². The fourth-order valence-electron chi connectivity index (χ4n) is 2.75. The highest BCUT2D eigenvalue weighted by Gasteiger charge is 2.23. The molecule has 1 fully saturated rings. The molecule has 0 aromatic carbocycles. The van der Waals surface area contributed by atoms with Crippen molar-refractivity contribution in [1.82, 2.24) is 25.1 Å². The molecule has 1 amide bonds. The van der Waals surface area contributed by atoms with E-state index >= 15 is 0 Å². The van der Waals surface area contributed by atoms with Gasteiger partial charge >= 0.3 is 0 Å². The standard InChI is InChI=1S/C13H23N5OS/c1-3-18(11-7-5-4-6-8-11)12(19)9-10-20-13-14-15-16-17(13)2/h11H,3-10H2,1-2H3. The summed E-state index contributed by atoms with van der Waals surface area (Å²) in [7, 11) is 1.81. The van der Waals surface area contributed by atoms with Crippen molar-refractivity contribution in [3.8, 4) is 0 Å². The van der Waals surface area contributed by atoms with E-state index in [1.54, 1.807) is 4.68 Å². The smallest absolute Gasteiger partial charge is 0.223 e. The molecule has 1 aromatic heterocycles. The van der Waals surface area contributed by atoms with Crippen LogP contribution in [0.3, 0.4) is 0 Å². The zero-order chi connectivity index (χ0) is 14.4. The van der Waals surface area contributed by atoms with Crippen molar-refractivity contribution < 1.29 is 4.79 Å². The van der Waals surface area contributed by atoms with Crippen LogP contribution in [0.1, 0.15) is 45.4 Å². The van der Waals surface area contributed by atoms with Crippen molar-refractivity contribution in [2.24, 2.45) is 7.05 Å². The Morgan fingerprint density at radius 1 is 1.40 bits per heavy atom. The van der Waals surface area contributed by atoms with Crippen molar-refractivity contribution in [3.05, 3.63) is 0 Å². The van der Waals surface area contributed by atoms with Crippen LogP contribution in [-0.4, -0.2) is 49.4 Å². The monoisotopic (exact) mass is 297 g/mol. The van der Waals surface area contributed by atoms with Gasteiger partial charge in [0.1, 0.15) is 0 Å². The highest BCUT2D eigenvalue weighted by Crippen LogP contribution is 2.23. The molecule has 0 saturated heterocycles. The lowest BCUT2D eigenvalue weighted by Crippen LogP contribution is -2.41. The Bertz CT molecular complexity index is 430. The first-order chi connectivity index (χ1) is 9.72. The van der Waals surface area contributed by atoms with Gasteiger partial charge in [-0.1, -0.05) is 31.0 Å². The number of carbonyl (C=O) groups is 1. The minimum absolute atomic E-state index is 0.266. The van der Waals surface area contributed by atoms with E-state index in [0.717, 1.165) is 17.5 Å². The zero-order valence-electron chi connectivity index (χ0n) is 12.3. The van der Waals surface area contributed by atoms with Gasteiger partial charge in [-0.25, -0.2) is 4.68 Å². The maximum Gasteiger partial charge on any atom is 0.223 e. The molecule has 0 N–H and O–H groups in total. The minimum Gasteiger partial charge on any atom is -0.340 e. The third-order valence-electron chi connectivity index (χ3n) is 3.80. The number of aryl methyl sites for hydroxylation is 1. The Balaban J connectivity index is 1.78. The van der Waals surface area contributed by atoms with Crippen LogP contribution in [-0.2, 0) is 11.8 Å². The van der Waals surface area contributed by atoms with Gasteiger partial charge in [-0.05, 0) is 30.2 Å². The Morgan fingerprint density at radius 3 is 2.75 bits per heavy atom. The number of hydrogen-bond acceptors (Lipinski definition) is 5. The van der Waals surface area contributed by atoms with Crippen LogP contribution in [0.15, 0.2) is 5.16 Å². The first-order valence-corrected chi connectivity index (χ1v) is 8.35. The topological polar surface area (TPSA) is 63.9 Å². The minimum atomic E-state index is 0.266. The maximum absolute atomic E-state index is 12.3. The normalized spacial score (nSPS) is 16.3. The summed E-state index contributed by atoms with van der Waals surface area (Å²) in [6.45, 7) is 2.89. The van der Waals surface area contributed by atoms with E-state index in [9.17, 15) is 4.79 Å². The van der Waals surface area contributed by atoms with E-state index in [2.05, 4.69) is 27.3 Å². The molecule has 0 unspecified atom stereocenters. The van der Waals surface area contributed by atoms with Crippen molar-refractivity contribution in [3.63, 3.8) is 0 Å². The summed E-state index contributed by atoms with van der Waals surface area (Å²) in [4.78, 5) is 14.4. The number of tetrazole rings is 1. The molecule has 0 atom stereocenters. The summed E-state index contributed by atoms with van der Waals surface area (Å²) in [5.41, 5.74) is 0. The molecule has 1 aromatic rings. The fourth-order valence-corrected chi connectivity index (χ4v) is 3.52. The van der Waals surface area contributed by atoms with Crippen LogP contribution in [0.25, 0.3) is 0 Å². The SMILES string of the molecule is CCN(C(=O)CCSc1nnnn1C)C1CCCCC1. The van der Waals surface area contributed by atoms with E-state index in [1.165, 1.54) is 43.9 Å². The molecule has 1 aliphatic carbocycles. The molecule has 7 heteroatoms. The van der Waals surface area contributed by atoms with Crippen molar-refractivity contribution in [1.29, 1.82) is 0 Å². The molecule has 0 spiro atoms. The van der Waals surface area contributed by atoms with Gasteiger partial charge in [-0.15, -0.1) is 5.10 Å². The number of aromatic nitrogens is 4. The average Bonchev–Trinajstić information content (AvgIpc) is 2.86. The molecule has 112 valence electrons. The maximum atomic E-state index is 12.3. The summed E-state index contributed by atoms with van der Waals surface area (Å²) in [5, 5.41) is 12.0. The molecule has 20 heavy (non-hydrogen) atoms. The lowest BCUT2D eigenvalue weighted by Gasteiger charge is -2.33. The molecular formula is C13H23N5OS. The van der Waals surface area contributed by atoms with E-state index in [0.29, 0.717) is 12.5 Å². The van der Waals surface area contributed by atoms with Gasteiger partial charge < -0.3 is 4.90 Å². The number of hydrogen-bond donors (Lipinski definition) is 0. The number of rotatable bonds is 6. The Labute approximate surface area is 124 Å². The van der Waals surface area contributed by atoms with Crippen LogP contribution in [0.2, 0.25) is 0 Å². The summed E-state index contributed by atoms with van der Waals surface area (Å²) in [5.74, 6) is 0.998. The van der Waals surface area contributed by atoms with Gasteiger partial charge in [0.15, 0.2) is 0 Å². The first-order valence-electron chi connectivity index (χ1n) is 7.37. The molecule has 0 radical (unpaired) electrons. The zero-order valence-corrected chi connectivity index (χ0v) is 13.1. The summed E-state index contributed by atoms with van der Waals surface area (Å²) in [6, 6.07) is 0.461. The van der Waals surface area contributed by atoms with Gasteiger partial charge in [-0.3, -0.25) is 4.79 Å². The molecule has 0 bridgehead atoms. The second-order valence-electron chi connectivity index (χ2n) is 5.16. The Hall–Kier alpha value is -1.11. The predicted octanol–water partition coefficient (Wildman–Crippen LogP) is 1.87. The van der Waals surface area contributed by atoms with Gasteiger partial charge in [0.25, 0.3) is 0 Å². The largest absolute Gasteiger partial charge is 0.340 e. The van der Waals surface area contributed by atoms with E-state index in [-0.39, 0.29) is 5.91 Å². The van der Waals surface area contributed by atoms with Crippen molar-refractivity contribution in [2.45, 2.75) is 56.6 Å². The molecular weight excluding hydrogens is 274 g/mol. The van der Waals surface area contributed by atoms with Crippen LogP contribution in [0.4, 0.5) is 0 Å². The Kier molecular flexibility index (Phi) is 5.82. The first kappa shape index (κ1) is 15.3. The highest BCUT2D eigenvalue weighted by molar-refractivity contribution is 7.99. The van der Waals surface area contributed by atoms with Crippen LogP contribution < -0.4 is 0 Å². The van der Waals surface area contributed by atoms with Crippen LogP contribution >= 0.6 is 11.8 Å². The Morgan fingerprint density at radius 2 is 2.15 bits per heavy atom. The van der Waals surface area contributed by atoms with Gasteiger partial charge in [-0.2, -0.15) is 0 Å². The third-order valence-corrected chi connectivity index (χ3v) is 4.82. The third kappa shape index (κ3) is 3.94. The average molecular weight is 297 g/mol. The van der Waals surface area contributed by atoms with Crippen molar-refractivity contribution >= 4 is 17.7 Å². The number of amides is 1. The van der Waals surface area contributed by atoms with E-state index in [4.69, 9.17) is 0 Å². The highest BCUT2D eigenvalue weighted by atomic mass is 32.2. The number of carbonyl (C=O) groups excluding carboxylic acids is 1. The second-order valence-corrected chi connectivity index (χ2v) is 6.22. The number of nitrogens with zero attached hydrogens (tertiary/aromatic N) is 5. The quantitative estimate of drug-likeness (QED) is 0.750. The van der Waals surface area contributed by atoms with E-state index in [1.807, 2.05) is 7.05 Å². The predicted molar refractivity (Wildman–Crippen MR) is 78.4 cm³/mol. The fraction of sp³-hybridized carbons (Fsp3) is 0.846. The molecule has 6 nitrogen and oxygen atoms in total. The van der Waals surface area contributed by atoms with Crippen LogP contribution in [0.5, 0.6) is 0 Å². The van der Waals surface area contributed by atoms with Gasteiger partial charge in [0.2, 0.25) is 11.1 Å². The van der Waals surface area contributed by atoms with Gasteiger partial charge in [0.05, 0.1) is 0 Å². The summed E-state index contributed by atoms with van der Waals surface area (Å²) in [6.07, 6.45) is 6.72. The van der Waals surface area contributed by atoms with Gasteiger partial charge in [0, 0.05) is 31.8 Å². The summed E-state index contributed by atoms with van der Waals surface area (Å²) < 4.78 is 1.63. The lowest BCUT2D eigenvalue weighted by atomic mass is 9.94. The number of thioether (sulfide) groups is 1. The van der Waals surface area contributed by atoms with Crippen LogP contribution in [0, 0.1) is 0 Å². The molecule has 0 aliphatic heterocycles. The molecule has 1 saturated carbocycles. The lowest BCUT2D eigenvalue weighted by molar-refractivity contribution is -0.133.